The molecule has 0 N–H and O–H groups in total. The Morgan fingerprint density at radius 3 is 1.64 bits per heavy atom. The van der Waals surface area contributed by atoms with Gasteiger partial charge in [0.1, 0.15) is 12.5 Å². The van der Waals surface area contributed by atoms with E-state index in [1.165, 1.54) is 31.2 Å². The molecule has 1 aromatic carbocycles. The quantitative estimate of drug-likeness (QED) is 0.617. The van der Waals surface area contributed by atoms with Crippen molar-refractivity contribution in [1.82, 2.24) is 0 Å². The minimum Gasteiger partial charge on any atom is -0.255 e. The van der Waals surface area contributed by atoms with Gasteiger partial charge in [-0.05, 0) is 24.6 Å². The van der Waals surface area contributed by atoms with E-state index in [-0.39, 0.29) is 12.5 Å². The maximum absolute atomic E-state index is 12.1. The van der Waals surface area contributed by atoms with Gasteiger partial charge in [0.25, 0.3) is 0 Å². The predicted molar refractivity (Wildman–Crippen MR) is 49.9 cm³/mol. The van der Waals surface area contributed by atoms with Gasteiger partial charge in [0.2, 0.25) is 0 Å². The molecule has 14 heavy (non-hydrogen) atoms. The van der Waals surface area contributed by atoms with Crippen LogP contribution in [0.1, 0.15) is 12.5 Å². The number of halogens is 4. The molecule has 0 nitrogen and oxygen atoms in total. The van der Waals surface area contributed by atoms with E-state index < -0.39 is 6.67 Å². The molecule has 4 heteroatoms. The van der Waals surface area contributed by atoms with Crippen molar-refractivity contribution in [2.24, 2.45) is 0 Å². The molecule has 0 saturated carbocycles. The topological polar surface area (TPSA) is 0 Å². The molecule has 1 aromatic rings. The van der Waals surface area contributed by atoms with Crippen LogP contribution < -0.4 is 0 Å². The average Bonchev–Trinajstić information content (AvgIpc) is 2.23. The Hall–Kier alpha value is -1.06. The third kappa shape index (κ3) is 9.03. The first kappa shape index (κ1) is 15.4. The Balaban J connectivity index is 0. The molecule has 82 valence electrons. The molecule has 0 aliphatic heterocycles. The summed E-state index contributed by atoms with van der Waals surface area (Å²) in [6, 6.07) is 5.34. The average molecular weight is 210 g/mol. The summed E-state index contributed by atoms with van der Waals surface area (Å²) in [4.78, 5) is 0. The van der Waals surface area contributed by atoms with Crippen LogP contribution in [0.25, 0.3) is 0 Å². The molecule has 0 fully saturated rings. The monoisotopic (exact) mass is 210 g/mol. The summed E-state index contributed by atoms with van der Waals surface area (Å²) in [5.41, 5.74) is 0.511. The van der Waals surface area contributed by atoms with Gasteiger partial charge in [0.15, 0.2) is 0 Å². The molecule has 0 heterocycles. The second-order valence-electron chi connectivity index (χ2n) is 2.03. The number of hydrogen-bond acceptors (Lipinski definition) is 0. The number of benzene rings is 1. The molecular weight excluding hydrogens is 196 g/mol. The summed E-state index contributed by atoms with van der Waals surface area (Å²) in [6.07, 6.45) is 0. The van der Waals surface area contributed by atoms with Gasteiger partial charge in [0.05, 0.1) is 13.9 Å². The van der Waals surface area contributed by atoms with Crippen molar-refractivity contribution >= 4 is 0 Å². The lowest BCUT2D eigenvalue weighted by atomic mass is 10.2. The standard InChI is InChI=1S/C7H6F2.C2H5F.CH3F/c8-5-6-1-3-7(9)4-2-6;1-2-3;1-2/h1-4H,5H2;2H2,1H3;1H3. The molecular formula is C10H14F4. The number of hydrogen-bond donors (Lipinski definition) is 0. The lowest BCUT2D eigenvalue weighted by Crippen LogP contribution is -1.77. The van der Waals surface area contributed by atoms with Gasteiger partial charge in [-0.1, -0.05) is 12.1 Å². The lowest BCUT2D eigenvalue weighted by molar-refractivity contribution is 0.484. The fourth-order valence-electron chi connectivity index (χ4n) is 0.573. The van der Waals surface area contributed by atoms with E-state index in [4.69, 9.17) is 0 Å². The van der Waals surface area contributed by atoms with Gasteiger partial charge in [-0.3, -0.25) is 8.78 Å². The van der Waals surface area contributed by atoms with Crippen molar-refractivity contribution in [2.45, 2.75) is 13.6 Å². The molecule has 0 saturated heterocycles. The molecule has 0 aromatic heterocycles. The Morgan fingerprint density at radius 2 is 1.36 bits per heavy atom. The minimum atomic E-state index is -0.527. The highest BCUT2D eigenvalue weighted by Gasteiger charge is 1.89. The van der Waals surface area contributed by atoms with Crippen molar-refractivity contribution < 1.29 is 17.6 Å². The molecule has 0 bridgehead atoms. The highest BCUT2D eigenvalue weighted by Crippen LogP contribution is 2.02. The van der Waals surface area contributed by atoms with Crippen LogP contribution >= 0.6 is 0 Å². The number of rotatable bonds is 1. The van der Waals surface area contributed by atoms with Gasteiger partial charge < -0.3 is 0 Å². The molecule has 0 atom stereocenters. The summed E-state index contributed by atoms with van der Waals surface area (Å²) in [6.45, 7) is 0.681. The minimum absolute atomic E-state index is 0.250. The van der Waals surface area contributed by atoms with E-state index in [0.29, 0.717) is 12.7 Å². The first-order valence-electron chi connectivity index (χ1n) is 3.98. The van der Waals surface area contributed by atoms with Crippen molar-refractivity contribution in [2.75, 3.05) is 13.9 Å². The van der Waals surface area contributed by atoms with Crippen molar-refractivity contribution in [1.29, 1.82) is 0 Å². The first-order valence-corrected chi connectivity index (χ1v) is 3.98. The normalized spacial score (nSPS) is 7.86. The van der Waals surface area contributed by atoms with E-state index in [2.05, 4.69) is 0 Å². The van der Waals surface area contributed by atoms with Crippen LogP contribution in [0.2, 0.25) is 0 Å². The maximum atomic E-state index is 12.1. The van der Waals surface area contributed by atoms with E-state index in [9.17, 15) is 17.6 Å². The molecule has 0 aliphatic rings. The second-order valence-corrected chi connectivity index (χ2v) is 2.03. The highest BCUT2D eigenvalue weighted by atomic mass is 19.1. The maximum Gasteiger partial charge on any atom is 0.123 e. The van der Waals surface area contributed by atoms with Gasteiger partial charge in [-0.25, -0.2) is 8.78 Å². The summed E-state index contributed by atoms with van der Waals surface area (Å²) < 4.78 is 43.6. The van der Waals surface area contributed by atoms with Gasteiger partial charge in [-0.15, -0.1) is 0 Å². The summed E-state index contributed by atoms with van der Waals surface area (Å²) in [5, 5.41) is 0. The van der Waals surface area contributed by atoms with Gasteiger partial charge >= 0.3 is 0 Å². The first-order chi connectivity index (χ1) is 6.74. The Kier molecular flexibility index (Phi) is 13.1. The Morgan fingerprint density at radius 1 is 1.00 bits per heavy atom. The molecule has 0 unspecified atom stereocenters. The van der Waals surface area contributed by atoms with Crippen LogP contribution in [0.4, 0.5) is 17.6 Å². The lowest BCUT2D eigenvalue weighted by Gasteiger charge is -1.90. The van der Waals surface area contributed by atoms with Crippen molar-refractivity contribution in [3.63, 3.8) is 0 Å². The zero-order valence-electron chi connectivity index (χ0n) is 8.24. The molecule has 1 rings (SSSR count). The molecule has 0 amide bonds. The zero-order chi connectivity index (χ0) is 11.4. The summed E-state index contributed by atoms with van der Waals surface area (Å²) >= 11 is 0. The largest absolute Gasteiger partial charge is 0.255 e. The van der Waals surface area contributed by atoms with Crippen LogP contribution in [0.5, 0.6) is 0 Å². The Labute approximate surface area is 81.6 Å². The molecule has 0 aliphatic carbocycles. The third-order valence-corrected chi connectivity index (χ3v) is 1.07. The van der Waals surface area contributed by atoms with E-state index in [0.717, 1.165) is 0 Å². The third-order valence-electron chi connectivity index (χ3n) is 1.07. The van der Waals surface area contributed by atoms with E-state index >= 15 is 0 Å². The number of alkyl halides is 3. The van der Waals surface area contributed by atoms with Crippen LogP contribution in [0, 0.1) is 5.82 Å². The summed E-state index contributed by atoms with van der Waals surface area (Å²) in [7, 11) is 0.500. The smallest absolute Gasteiger partial charge is 0.123 e. The Bertz CT molecular complexity index is 196. The van der Waals surface area contributed by atoms with Crippen LogP contribution in [-0.4, -0.2) is 13.9 Å². The summed E-state index contributed by atoms with van der Waals surface area (Å²) in [5.74, 6) is -0.327. The van der Waals surface area contributed by atoms with E-state index in [1.807, 2.05) is 0 Å². The van der Waals surface area contributed by atoms with Crippen LogP contribution in [-0.2, 0) is 6.67 Å². The van der Waals surface area contributed by atoms with Crippen LogP contribution in [0.15, 0.2) is 24.3 Å². The molecule has 0 radical (unpaired) electrons. The SMILES string of the molecule is CCF.CF.FCc1ccc(F)cc1. The fraction of sp³-hybridized carbons (Fsp3) is 0.400. The van der Waals surface area contributed by atoms with E-state index in [1.54, 1.807) is 0 Å². The zero-order valence-corrected chi connectivity index (χ0v) is 8.24. The highest BCUT2D eigenvalue weighted by molar-refractivity contribution is 5.14. The van der Waals surface area contributed by atoms with Gasteiger partial charge in [0, 0.05) is 0 Å². The second kappa shape index (κ2) is 11.9. The van der Waals surface area contributed by atoms with Crippen molar-refractivity contribution in [3.8, 4) is 0 Å². The fourth-order valence-corrected chi connectivity index (χ4v) is 0.573. The predicted octanol–water partition coefficient (Wildman–Crippen LogP) is 3.86. The van der Waals surface area contributed by atoms with Crippen LogP contribution in [0.3, 0.4) is 0 Å². The van der Waals surface area contributed by atoms with Gasteiger partial charge in [-0.2, -0.15) is 0 Å². The molecule has 0 spiro atoms. The van der Waals surface area contributed by atoms with Crippen molar-refractivity contribution in [3.05, 3.63) is 35.6 Å².